The van der Waals surface area contributed by atoms with Crippen LogP contribution in [0.4, 0.5) is 10.1 Å². The van der Waals surface area contributed by atoms with Gasteiger partial charge in [-0.1, -0.05) is 23.7 Å². The summed E-state index contributed by atoms with van der Waals surface area (Å²) in [5.41, 5.74) is 1.12. The number of methoxy groups -OCH3 is 1. The Bertz CT molecular complexity index is 885. The van der Waals surface area contributed by atoms with Gasteiger partial charge in [-0.25, -0.2) is 4.39 Å². The molecule has 0 bridgehead atoms. The van der Waals surface area contributed by atoms with Crippen LogP contribution in [-0.2, 0) is 20.7 Å². The van der Waals surface area contributed by atoms with Crippen molar-refractivity contribution in [2.75, 3.05) is 44.8 Å². The SMILES string of the molecule is COc1ccc(Cl)cc1CC(=O)OCC(=O)N1CCN(c2ccccc2F)CC1. The fourth-order valence-electron chi connectivity index (χ4n) is 3.23. The van der Waals surface area contributed by atoms with Gasteiger partial charge in [0.1, 0.15) is 11.6 Å². The first kappa shape index (κ1) is 20.9. The molecule has 0 atom stereocenters. The highest BCUT2D eigenvalue weighted by Gasteiger charge is 2.23. The number of ether oxygens (including phenoxy) is 2. The molecule has 1 heterocycles. The van der Waals surface area contributed by atoms with Crippen LogP contribution in [0.1, 0.15) is 5.56 Å². The van der Waals surface area contributed by atoms with Crippen LogP contribution in [0.2, 0.25) is 5.02 Å². The van der Waals surface area contributed by atoms with Crippen LogP contribution in [0, 0.1) is 5.82 Å². The molecule has 1 aliphatic heterocycles. The fraction of sp³-hybridized carbons (Fsp3) is 0.333. The van der Waals surface area contributed by atoms with E-state index in [-0.39, 0.29) is 24.8 Å². The van der Waals surface area contributed by atoms with Gasteiger partial charge in [0.05, 0.1) is 19.2 Å². The van der Waals surface area contributed by atoms with E-state index in [1.807, 2.05) is 4.90 Å². The number of carbonyl (C=O) groups excluding carboxylic acids is 2. The molecule has 6 nitrogen and oxygen atoms in total. The highest BCUT2D eigenvalue weighted by Crippen LogP contribution is 2.23. The number of amides is 1. The zero-order valence-corrected chi connectivity index (χ0v) is 16.8. The summed E-state index contributed by atoms with van der Waals surface area (Å²) >= 11 is 5.96. The van der Waals surface area contributed by atoms with Gasteiger partial charge in [0.15, 0.2) is 6.61 Å². The zero-order chi connectivity index (χ0) is 20.8. The number of piperazine rings is 1. The van der Waals surface area contributed by atoms with Gasteiger partial charge in [-0.3, -0.25) is 9.59 Å². The maximum atomic E-state index is 13.9. The predicted octanol–water partition coefficient (Wildman–Crippen LogP) is 2.92. The Morgan fingerprint density at radius 1 is 1.10 bits per heavy atom. The van der Waals surface area contributed by atoms with Gasteiger partial charge in [-0.15, -0.1) is 0 Å². The molecule has 2 aromatic carbocycles. The third kappa shape index (κ3) is 5.38. The Kier molecular flexibility index (Phi) is 6.93. The highest BCUT2D eigenvalue weighted by atomic mass is 35.5. The van der Waals surface area contributed by atoms with Gasteiger partial charge in [-0.2, -0.15) is 0 Å². The highest BCUT2D eigenvalue weighted by molar-refractivity contribution is 6.30. The van der Waals surface area contributed by atoms with Crippen LogP contribution in [0.3, 0.4) is 0 Å². The van der Waals surface area contributed by atoms with Gasteiger partial charge in [0.2, 0.25) is 0 Å². The number of hydrogen-bond acceptors (Lipinski definition) is 5. The largest absolute Gasteiger partial charge is 0.496 e. The lowest BCUT2D eigenvalue weighted by Crippen LogP contribution is -2.50. The van der Waals surface area contributed by atoms with Crippen molar-refractivity contribution in [3.05, 3.63) is 58.9 Å². The number of hydrogen-bond donors (Lipinski definition) is 0. The van der Waals surface area contributed by atoms with Crippen molar-refractivity contribution in [1.29, 1.82) is 0 Å². The Morgan fingerprint density at radius 3 is 2.52 bits per heavy atom. The smallest absolute Gasteiger partial charge is 0.310 e. The van der Waals surface area contributed by atoms with E-state index in [1.165, 1.54) is 13.2 Å². The molecule has 0 unspecified atom stereocenters. The lowest BCUT2D eigenvalue weighted by Gasteiger charge is -2.36. The summed E-state index contributed by atoms with van der Waals surface area (Å²) in [5.74, 6) is -0.562. The van der Waals surface area contributed by atoms with Crippen molar-refractivity contribution in [3.63, 3.8) is 0 Å². The van der Waals surface area contributed by atoms with E-state index in [4.69, 9.17) is 21.1 Å². The second kappa shape index (κ2) is 9.60. The summed E-state index contributed by atoms with van der Waals surface area (Å²) in [7, 11) is 1.50. The summed E-state index contributed by atoms with van der Waals surface area (Å²) in [6, 6.07) is 11.5. The van der Waals surface area contributed by atoms with Gasteiger partial charge in [-0.05, 0) is 30.3 Å². The molecular weight excluding hydrogens is 399 g/mol. The third-order valence-electron chi connectivity index (χ3n) is 4.76. The summed E-state index contributed by atoms with van der Waals surface area (Å²) < 4.78 is 24.2. The first-order chi connectivity index (χ1) is 14.0. The molecule has 1 fully saturated rings. The van der Waals surface area contributed by atoms with Crippen LogP contribution in [-0.4, -0.2) is 56.7 Å². The number of benzene rings is 2. The minimum Gasteiger partial charge on any atom is -0.496 e. The topological polar surface area (TPSA) is 59.1 Å². The van der Waals surface area contributed by atoms with Crippen molar-refractivity contribution >= 4 is 29.2 Å². The summed E-state index contributed by atoms with van der Waals surface area (Å²) in [4.78, 5) is 28.0. The molecule has 3 rings (SSSR count). The van der Waals surface area contributed by atoms with E-state index in [2.05, 4.69) is 0 Å². The van der Waals surface area contributed by atoms with E-state index in [0.717, 1.165) is 0 Å². The zero-order valence-electron chi connectivity index (χ0n) is 16.1. The van der Waals surface area contributed by atoms with E-state index in [0.29, 0.717) is 48.2 Å². The molecule has 2 aromatic rings. The number of nitrogens with zero attached hydrogens (tertiary/aromatic N) is 2. The number of carbonyl (C=O) groups is 2. The quantitative estimate of drug-likeness (QED) is 0.672. The van der Waals surface area contributed by atoms with Crippen molar-refractivity contribution in [2.45, 2.75) is 6.42 Å². The molecule has 1 saturated heterocycles. The number of rotatable bonds is 6. The molecule has 0 aromatic heterocycles. The molecule has 29 heavy (non-hydrogen) atoms. The normalized spacial score (nSPS) is 13.9. The average Bonchev–Trinajstić information content (AvgIpc) is 2.73. The van der Waals surface area contributed by atoms with E-state index in [1.54, 1.807) is 41.3 Å². The molecule has 1 amide bonds. The molecule has 0 radical (unpaired) electrons. The monoisotopic (exact) mass is 420 g/mol. The van der Waals surface area contributed by atoms with Crippen LogP contribution in [0.5, 0.6) is 5.75 Å². The maximum Gasteiger partial charge on any atom is 0.310 e. The van der Waals surface area contributed by atoms with Gasteiger partial charge < -0.3 is 19.3 Å². The first-order valence-corrected chi connectivity index (χ1v) is 9.61. The first-order valence-electron chi connectivity index (χ1n) is 9.23. The lowest BCUT2D eigenvalue weighted by molar-refractivity contribution is -0.151. The molecule has 8 heteroatoms. The van der Waals surface area contributed by atoms with Crippen LogP contribution >= 0.6 is 11.6 Å². The fourth-order valence-corrected chi connectivity index (χ4v) is 3.42. The van der Waals surface area contributed by atoms with Gasteiger partial charge in [0, 0.05) is 36.8 Å². The minimum atomic E-state index is -0.538. The third-order valence-corrected chi connectivity index (χ3v) is 4.99. The van der Waals surface area contributed by atoms with E-state index in [9.17, 15) is 14.0 Å². The lowest BCUT2D eigenvalue weighted by atomic mass is 10.1. The predicted molar refractivity (Wildman–Crippen MR) is 108 cm³/mol. The average molecular weight is 421 g/mol. The molecule has 154 valence electrons. The number of anilines is 1. The molecular formula is C21H22ClFN2O4. The van der Waals surface area contributed by atoms with Crippen molar-refractivity contribution in [2.24, 2.45) is 0 Å². The molecule has 0 spiro atoms. The molecule has 0 N–H and O–H groups in total. The van der Waals surface area contributed by atoms with Crippen molar-refractivity contribution < 1.29 is 23.5 Å². The Balaban J connectivity index is 1.47. The molecule has 0 aliphatic carbocycles. The van der Waals surface area contributed by atoms with E-state index < -0.39 is 5.97 Å². The van der Waals surface area contributed by atoms with Crippen molar-refractivity contribution in [3.8, 4) is 5.75 Å². The Morgan fingerprint density at radius 2 is 1.83 bits per heavy atom. The summed E-state index contributed by atoms with van der Waals surface area (Å²) in [5, 5.41) is 0.484. The number of para-hydroxylation sites is 1. The Hall–Kier alpha value is -2.80. The molecule has 0 saturated carbocycles. The minimum absolute atomic E-state index is 0.0436. The second-order valence-electron chi connectivity index (χ2n) is 6.61. The summed E-state index contributed by atoms with van der Waals surface area (Å²) in [6.07, 6.45) is -0.0436. The second-order valence-corrected chi connectivity index (χ2v) is 7.05. The standard InChI is InChI=1S/C21H22ClFN2O4/c1-28-19-7-6-16(22)12-15(19)13-21(27)29-14-20(26)25-10-8-24(9-11-25)18-5-3-2-4-17(18)23/h2-7,12H,8-11,13-14H2,1H3. The number of esters is 1. The summed E-state index contributed by atoms with van der Waals surface area (Å²) in [6.45, 7) is 1.57. The number of halogens is 2. The maximum absolute atomic E-state index is 13.9. The van der Waals surface area contributed by atoms with Gasteiger partial charge in [0.25, 0.3) is 5.91 Å². The Labute approximate surface area is 173 Å². The van der Waals surface area contributed by atoms with Gasteiger partial charge >= 0.3 is 5.97 Å². The van der Waals surface area contributed by atoms with E-state index >= 15 is 0 Å². The van der Waals surface area contributed by atoms with Crippen LogP contribution in [0.15, 0.2) is 42.5 Å². The van der Waals surface area contributed by atoms with Crippen LogP contribution < -0.4 is 9.64 Å². The molecule has 1 aliphatic rings. The van der Waals surface area contributed by atoms with Crippen molar-refractivity contribution in [1.82, 2.24) is 4.90 Å². The van der Waals surface area contributed by atoms with Crippen LogP contribution in [0.25, 0.3) is 0 Å².